The van der Waals surface area contributed by atoms with Gasteiger partial charge in [-0.1, -0.05) is 60.7 Å². The van der Waals surface area contributed by atoms with Crippen LogP contribution in [0.25, 0.3) is 0 Å². The summed E-state index contributed by atoms with van der Waals surface area (Å²) >= 11 is 5.61. The molecule has 0 saturated carbocycles. The highest BCUT2D eigenvalue weighted by atomic mass is 32.1. The van der Waals surface area contributed by atoms with Crippen molar-refractivity contribution in [2.24, 2.45) is 0 Å². The summed E-state index contributed by atoms with van der Waals surface area (Å²) < 4.78 is 13.2. The Hall–Kier alpha value is -4.04. The van der Waals surface area contributed by atoms with Crippen LogP contribution < -0.4 is 20.4 Å². The van der Waals surface area contributed by atoms with E-state index in [-0.39, 0.29) is 5.82 Å². The smallest absolute Gasteiger partial charge is 0.232 e. The molecular formula is C32H33FN6S. The molecule has 8 heteroatoms. The van der Waals surface area contributed by atoms with Crippen molar-refractivity contribution in [3.8, 4) is 0 Å². The number of aromatic nitrogens is 2. The first-order valence-corrected chi connectivity index (χ1v) is 14.3. The van der Waals surface area contributed by atoms with Crippen molar-refractivity contribution in [2.75, 3.05) is 34.8 Å². The lowest BCUT2D eigenvalue weighted by Gasteiger charge is -2.33. The molecular weight excluding hydrogens is 519 g/mol. The predicted molar refractivity (Wildman–Crippen MR) is 163 cm³/mol. The van der Waals surface area contributed by atoms with E-state index in [0.29, 0.717) is 17.6 Å². The van der Waals surface area contributed by atoms with Gasteiger partial charge in [0.15, 0.2) is 5.11 Å². The molecule has 0 saturated heterocycles. The van der Waals surface area contributed by atoms with Gasteiger partial charge in [-0.15, -0.1) is 0 Å². The van der Waals surface area contributed by atoms with E-state index in [0.717, 1.165) is 69.1 Å². The van der Waals surface area contributed by atoms with Crippen molar-refractivity contribution in [1.29, 1.82) is 0 Å². The Bertz CT molecular complexity index is 1420. The summed E-state index contributed by atoms with van der Waals surface area (Å²) in [6.45, 7) is 4.15. The number of halogens is 1. The van der Waals surface area contributed by atoms with E-state index in [1.807, 2.05) is 12.1 Å². The second kappa shape index (κ2) is 12.0. The van der Waals surface area contributed by atoms with E-state index in [9.17, 15) is 4.39 Å². The summed E-state index contributed by atoms with van der Waals surface area (Å²) in [4.78, 5) is 14.5. The number of nitrogens with one attached hydrogen (secondary N) is 2. The molecule has 2 aliphatic heterocycles. The van der Waals surface area contributed by atoms with Crippen molar-refractivity contribution in [3.63, 3.8) is 0 Å². The molecule has 40 heavy (non-hydrogen) atoms. The first-order chi connectivity index (χ1) is 19.6. The van der Waals surface area contributed by atoms with Crippen LogP contribution >= 0.6 is 12.2 Å². The molecule has 4 aromatic rings. The number of benzene rings is 3. The monoisotopic (exact) mass is 552 g/mol. The van der Waals surface area contributed by atoms with E-state index in [1.54, 1.807) is 0 Å². The standard InChI is InChI=1S/C32H33FN6S/c33-28-13-11-23(12-14-28)6-5-17-34-32(40)37-31-35-29(38-18-15-24-7-1-3-9-26(24)21-38)20-30(36-31)39-19-16-25-8-2-4-10-27(25)22-39/h1-4,7-14,20H,5-6,15-19,21-22H2,(H2,34,35,36,37,40). The molecule has 2 N–H and O–H groups in total. The molecule has 204 valence electrons. The molecule has 0 fully saturated rings. The Labute approximate surface area is 240 Å². The van der Waals surface area contributed by atoms with Crippen LogP contribution in [0.4, 0.5) is 22.0 Å². The van der Waals surface area contributed by atoms with Gasteiger partial charge in [0.25, 0.3) is 0 Å². The molecule has 0 radical (unpaired) electrons. The van der Waals surface area contributed by atoms with Crippen LogP contribution in [-0.4, -0.2) is 34.7 Å². The molecule has 0 amide bonds. The van der Waals surface area contributed by atoms with Gasteiger partial charge in [-0.25, -0.2) is 4.39 Å². The lowest BCUT2D eigenvalue weighted by atomic mass is 9.99. The number of nitrogens with zero attached hydrogens (tertiary/aromatic N) is 4. The van der Waals surface area contributed by atoms with Crippen molar-refractivity contribution >= 4 is 34.9 Å². The molecule has 0 atom stereocenters. The second-order valence-corrected chi connectivity index (χ2v) is 10.8. The Kier molecular flexibility index (Phi) is 7.86. The van der Waals surface area contributed by atoms with Crippen LogP contribution in [0.15, 0.2) is 78.9 Å². The topological polar surface area (TPSA) is 56.3 Å². The number of fused-ring (bicyclic) bond motifs is 2. The van der Waals surface area contributed by atoms with Gasteiger partial charge in [-0.3, -0.25) is 0 Å². The fourth-order valence-electron chi connectivity index (χ4n) is 5.48. The van der Waals surface area contributed by atoms with Crippen LogP contribution in [0.3, 0.4) is 0 Å². The maximum Gasteiger partial charge on any atom is 0.232 e. The number of aryl methyl sites for hydroxylation is 1. The summed E-state index contributed by atoms with van der Waals surface area (Å²) in [6.07, 6.45) is 3.70. The molecule has 1 aromatic heterocycles. The molecule has 0 unspecified atom stereocenters. The second-order valence-electron chi connectivity index (χ2n) is 10.4. The van der Waals surface area contributed by atoms with Gasteiger partial charge >= 0.3 is 0 Å². The first kappa shape index (κ1) is 26.2. The number of hydrogen-bond acceptors (Lipinski definition) is 5. The van der Waals surface area contributed by atoms with Gasteiger partial charge < -0.3 is 20.4 Å². The third-order valence-electron chi connectivity index (χ3n) is 7.67. The van der Waals surface area contributed by atoms with E-state index in [2.05, 4.69) is 75.0 Å². The summed E-state index contributed by atoms with van der Waals surface area (Å²) in [6, 6.07) is 26.0. The van der Waals surface area contributed by atoms with Gasteiger partial charge in [0.2, 0.25) is 5.95 Å². The largest absolute Gasteiger partial charge is 0.362 e. The number of thiocarbonyl (C=S) groups is 1. The Morgan fingerprint density at radius 1 is 0.775 bits per heavy atom. The zero-order chi connectivity index (χ0) is 27.3. The average molecular weight is 553 g/mol. The number of rotatable bonds is 7. The molecule has 6 nitrogen and oxygen atoms in total. The lowest BCUT2D eigenvalue weighted by molar-refractivity contribution is 0.626. The van der Waals surface area contributed by atoms with Gasteiger partial charge in [-0.2, -0.15) is 9.97 Å². The highest BCUT2D eigenvalue weighted by Gasteiger charge is 2.22. The maximum atomic E-state index is 13.2. The summed E-state index contributed by atoms with van der Waals surface area (Å²) in [7, 11) is 0. The third-order valence-corrected chi connectivity index (χ3v) is 7.92. The van der Waals surface area contributed by atoms with Crippen molar-refractivity contribution < 1.29 is 4.39 Å². The first-order valence-electron chi connectivity index (χ1n) is 13.9. The zero-order valence-corrected chi connectivity index (χ0v) is 23.3. The van der Waals surface area contributed by atoms with E-state index >= 15 is 0 Å². The minimum atomic E-state index is -0.212. The fourth-order valence-corrected chi connectivity index (χ4v) is 5.67. The normalized spacial score (nSPS) is 14.3. The summed E-state index contributed by atoms with van der Waals surface area (Å²) in [5, 5.41) is 7.01. The predicted octanol–water partition coefficient (Wildman–Crippen LogP) is 5.66. The maximum absolute atomic E-state index is 13.2. The highest BCUT2D eigenvalue weighted by molar-refractivity contribution is 7.80. The molecule has 0 spiro atoms. The Balaban J connectivity index is 1.17. The Morgan fingerprint density at radius 3 is 1.90 bits per heavy atom. The van der Waals surface area contributed by atoms with Crippen molar-refractivity contribution in [1.82, 2.24) is 15.3 Å². The van der Waals surface area contributed by atoms with Crippen molar-refractivity contribution in [2.45, 2.75) is 38.8 Å². The molecule has 2 aliphatic rings. The molecule has 0 aliphatic carbocycles. The Morgan fingerprint density at radius 2 is 1.32 bits per heavy atom. The average Bonchev–Trinajstić information content (AvgIpc) is 2.99. The minimum absolute atomic E-state index is 0.212. The quantitative estimate of drug-likeness (QED) is 0.227. The lowest BCUT2D eigenvalue weighted by Crippen LogP contribution is -2.35. The summed E-state index contributed by atoms with van der Waals surface area (Å²) in [5.41, 5.74) is 6.60. The summed E-state index contributed by atoms with van der Waals surface area (Å²) in [5.74, 6) is 2.09. The molecule has 3 heterocycles. The van der Waals surface area contributed by atoms with Crippen LogP contribution in [0, 0.1) is 5.82 Å². The van der Waals surface area contributed by atoms with E-state index in [4.69, 9.17) is 22.2 Å². The zero-order valence-electron chi connectivity index (χ0n) is 22.4. The van der Waals surface area contributed by atoms with Crippen LogP contribution in [0.1, 0.15) is 34.2 Å². The SMILES string of the molecule is Fc1ccc(CCCNC(=S)Nc2nc(N3CCc4ccccc4C3)cc(N3CCc4ccccc4C3)n2)cc1. The van der Waals surface area contributed by atoms with Gasteiger partial charge in [0, 0.05) is 38.8 Å². The van der Waals surface area contributed by atoms with Gasteiger partial charge in [-0.05, 0) is 77.9 Å². The molecule has 3 aromatic carbocycles. The number of hydrogen-bond donors (Lipinski definition) is 2. The van der Waals surface area contributed by atoms with E-state index in [1.165, 1.54) is 34.4 Å². The van der Waals surface area contributed by atoms with Crippen molar-refractivity contribution in [3.05, 3.63) is 112 Å². The highest BCUT2D eigenvalue weighted by Crippen LogP contribution is 2.29. The minimum Gasteiger partial charge on any atom is -0.362 e. The van der Waals surface area contributed by atoms with Gasteiger partial charge in [0.05, 0.1) is 0 Å². The van der Waals surface area contributed by atoms with Crippen LogP contribution in [0.2, 0.25) is 0 Å². The molecule has 0 bridgehead atoms. The fraction of sp³-hybridized carbons (Fsp3) is 0.281. The number of anilines is 3. The third kappa shape index (κ3) is 6.23. The molecule has 6 rings (SSSR count). The van der Waals surface area contributed by atoms with Gasteiger partial charge in [0.1, 0.15) is 17.5 Å². The van der Waals surface area contributed by atoms with Crippen LogP contribution in [0.5, 0.6) is 0 Å². The van der Waals surface area contributed by atoms with E-state index < -0.39 is 0 Å². The van der Waals surface area contributed by atoms with Crippen LogP contribution in [-0.2, 0) is 32.4 Å².